The van der Waals surface area contributed by atoms with Gasteiger partial charge in [-0.1, -0.05) is 48.5 Å². The fourth-order valence-electron chi connectivity index (χ4n) is 4.47. The highest BCUT2D eigenvalue weighted by atomic mass is 16.5. The van der Waals surface area contributed by atoms with Gasteiger partial charge in [0.15, 0.2) is 11.5 Å². The van der Waals surface area contributed by atoms with Crippen molar-refractivity contribution in [2.24, 2.45) is 0 Å². The summed E-state index contributed by atoms with van der Waals surface area (Å²) in [6.07, 6.45) is -0.803. The highest BCUT2D eigenvalue weighted by Crippen LogP contribution is 2.44. The fraction of sp³-hybridized carbons (Fsp3) is 0.259. The van der Waals surface area contributed by atoms with Gasteiger partial charge in [-0.2, -0.15) is 0 Å². The van der Waals surface area contributed by atoms with Crippen LogP contribution < -0.4 is 19.5 Å². The molecule has 0 unspecified atom stereocenters. The topological polar surface area (TPSA) is 103 Å². The van der Waals surface area contributed by atoms with E-state index in [0.29, 0.717) is 22.8 Å². The van der Waals surface area contributed by atoms with E-state index in [0.717, 1.165) is 22.3 Å². The summed E-state index contributed by atoms with van der Waals surface area (Å²) < 4.78 is 21.5. The predicted octanol–water partition coefficient (Wildman–Crippen LogP) is 4.25. The van der Waals surface area contributed by atoms with Crippen molar-refractivity contribution in [2.45, 2.75) is 18.4 Å². The number of carboxylic acid groups (broad SMARTS) is 1. The SMILES string of the molecule is COc1cc(C[C@@H](NC(=O)OCC2c3ccccc3-c3ccccc32)C(=O)O)cc(OC)c1OC. The molecule has 0 heterocycles. The van der Waals surface area contributed by atoms with Crippen LogP contribution in [0.3, 0.4) is 0 Å². The quantitative estimate of drug-likeness (QED) is 0.475. The summed E-state index contributed by atoms with van der Waals surface area (Å²) in [6.45, 7) is 0.0936. The molecule has 0 bridgehead atoms. The molecule has 182 valence electrons. The Balaban J connectivity index is 1.46. The molecule has 0 fully saturated rings. The minimum atomic E-state index is -1.21. The molecule has 1 aliphatic rings. The van der Waals surface area contributed by atoms with Gasteiger partial charge in [-0.05, 0) is 39.9 Å². The minimum absolute atomic E-state index is 0.00373. The number of carbonyl (C=O) groups is 2. The predicted molar refractivity (Wildman–Crippen MR) is 129 cm³/mol. The molecule has 1 amide bonds. The molecule has 0 aromatic heterocycles. The van der Waals surface area contributed by atoms with Crippen LogP contribution in [-0.2, 0) is 16.0 Å². The number of alkyl carbamates (subject to hydrolysis) is 1. The molecule has 8 nitrogen and oxygen atoms in total. The van der Waals surface area contributed by atoms with Gasteiger partial charge in [0.05, 0.1) is 21.3 Å². The zero-order valence-electron chi connectivity index (χ0n) is 19.7. The average Bonchev–Trinajstić information content (AvgIpc) is 3.20. The third-order valence-electron chi connectivity index (χ3n) is 6.10. The lowest BCUT2D eigenvalue weighted by Crippen LogP contribution is -2.42. The van der Waals surface area contributed by atoms with E-state index in [2.05, 4.69) is 5.32 Å². The Morgan fingerprint density at radius 1 is 0.886 bits per heavy atom. The van der Waals surface area contributed by atoms with Crippen molar-refractivity contribution >= 4 is 12.1 Å². The van der Waals surface area contributed by atoms with Crippen LogP contribution in [0.5, 0.6) is 17.2 Å². The van der Waals surface area contributed by atoms with E-state index in [1.165, 1.54) is 21.3 Å². The molecule has 0 radical (unpaired) electrons. The second-order valence-corrected chi connectivity index (χ2v) is 8.10. The number of hydrogen-bond acceptors (Lipinski definition) is 6. The second kappa shape index (κ2) is 10.4. The Bertz CT molecular complexity index is 1170. The Morgan fingerprint density at radius 3 is 1.91 bits per heavy atom. The number of rotatable bonds is 9. The first-order valence-electron chi connectivity index (χ1n) is 11.1. The summed E-state index contributed by atoms with van der Waals surface area (Å²) in [4.78, 5) is 24.5. The van der Waals surface area contributed by atoms with Gasteiger partial charge in [-0.3, -0.25) is 0 Å². The van der Waals surface area contributed by atoms with Crippen molar-refractivity contribution in [3.63, 3.8) is 0 Å². The highest BCUT2D eigenvalue weighted by Gasteiger charge is 2.30. The molecular formula is C27H27NO7. The van der Waals surface area contributed by atoms with E-state index in [-0.39, 0.29) is 18.9 Å². The van der Waals surface area contributed by atoms with Crippen molar-refractivity contribution < 1.29 is 33.6 Å². The van der Waals surface area contributed by atoms with Crippen molar-refractivity contribution in [3.8, 4) is 28.4 Å². The number of fused-ring (bicyclic) bond motifs is 3. The van der Waals surface area contributed by atoms with Gasteiger partial charge in [0.2, 0.25) is 5.75 Å². The van der Waals surface area contributed by atoms with Crippen LogP contribution in [0.1, 0.15) is 22.6 Å². The zero-order chi connectivity index (χ0) is 24.9. The lowest BCUT2D eigenvalue weighted by Gasteiger charge is -2.19. The van der Waals surface area contributed by atoms with Gasteiger partial charge >= 0.3 is 12.1 Å². The van der Waals surface area contributed by atoms with Crippen molar-refractivity contribution in [2.75, 3.05) is 27.9 Å². The molecule has 3 aromatic carbocycles. The molecule has 8 heteroatoms. The second-order valence-electron chi connectivity index (χ2n) is 8.10. The van der Waals surface area contributed by atoms with Crippen LogP contribution in [0.4, 0.5) is 4.79 Å². The first-order chi connectivity index (χ1) is 17.0. The van der Waals surface area contributed by atoms with E-state index < -0.39 is 18.1 Å². The summed E-state index contributed by atoms with van der Waals surface area (Å²) >= 11 is 0. The van der Waals surface area contributed by atoms with E-state index in [1.54, 1.807) is 12.1 Å². The maximum absolute atomic E-state index is 12.6. The number of ether oxygens (including phenoxy) is 4. The molecule has 0 aliphatic heterocycles. The molecule has 0 spiro atoms. The number of benzene rings is 3. The highest BCUT2D eigenvalue weighted by molar-refractivity contribution is 5.81. The first-order valence-corrected chi connectivity index (χ1v) is 11.1. The third-order valence-corrected chi connectivity index (χ3v) is 6.10. The molecule has 1 atom stereocenters. The molecule has 0 saturated carbocycles. The van der Waals surface area contributed by atoms with Gasteiger partial charge in [0.1, 0.15) is 12.6 Å². The first kappa shape index (κ1) is 23.9. The van der Waals surface area contributed by atoms with E-state index >= 15 is 0 Å². The molecule has 4 rings (SSSR count). The van der Waals surface area contributed by atoms with Crippen LogP contribution in [-0.4, -0.2) is 51.1 Å². The summed E-state index contributed by atoms with van der Waals surface area (Å²) in [5.74, 6) is -0.117. The van der Waals surface area contributed by atoms with Crippen molar-refractivity contribution in [1.29, 1.82) is 0 Å². The van der Waals surface area contributed by atoms with Crippen molar-refractivity contribution in [3.05, 3.63) is 77.4 Å². The summed E-state index contributed by atoms with van der Waals surface area (Å²) in [5.41, 5.74) is 4.97. The van der Waals surface area contributed by atoms with Gasteiger partial charge in [-0.15, -0.1) is 0 Å². The van der Waals surface area contributed by atoms with Gasteiger partial charge in [0.25, 0.3) is 0 Å². The van der Waals surface area contributed by atoms with Crippen LogP contribution >= 0.6 is 0 Å². The Hall–Kier alpha value is -4.20. The van der Waals surface area contributed by atoms with Crippen LogP contribution in [0, 0.1) is 0 Å². The van der Waals surface area contributed by atoms with Crippen LogP contribution in [0.25, 0.3) is 11.1 Å². The van der Waals surface area contributed by atoms with E-state index in [9.17, 15) is 14.7 Å². The van der Waals surface area contributed by atoms with Gasteiger partial charge < -0.3 is 29.4 Å². The van der Waals surface area contributed by atoms with Gasteiger partial charge in [-0.25, -0.2) is 9.59 Å². The molecule has 2 N–H and O–H groups in total. The molecule has 0 saturated heterocycles. The largest absolute Gasteiger partial charge is 0.493 e. The van der Waals surface area contributed by atoms with Crippen LogP contribution in [0.15, 0.2) is 60.7 Å². The number of amides is 1. The van der Waals surface area contributed by atoms with Crippen LogP contribution in [0.2, 0.25) is 0 Å². The number of nitrogens with one attached hydrogen (secondary N) is 1. The molecular weight excluding hydrogens is 450 g/mol. The number of carbonyl (C=O) groups excluding carboxylic acids is 1. The number of hydrogen-bond donors (Lipinski definition) is 2. The average molecular weight is 478 g/mol. The summed E-state index contributed by atoms with van der Waals surface area (Å²) in [6, 6.07) is 18.1. The molecule has 3 aromatic rings. The lowest BCUT2D eigenvalue weighted by atomic mass is 9.98. The Morgan fingerprint density at radius 2 is 1.43 bits per heavy atom. The summed E-state index contributed by atoms with van der Waals surface area (Å²) in [7, 11) is 4.44. The molecule has 35 heavy (non-hydrogen) atoms. The maximum atomic E-state index is 12.6. The fourth-order valence-corrected chi connectivity index (χ4v) is 4.47. The standard InChI is InChI=1S/C27H27NO7/c1-32-23-13-16(14-24(33-2)25(23)34-3)12-22(26(29)30)28-27(31)35-15-21-19-10-6-4-8-17(19)18-9-5-7-11-20(18)21/h4-11,13-14,21-22H,12,15H2,1-3H3,(H,28,31)(H,29,30)/t22-/m1/s1. The normalized spacial score (nSPS) is 12.8. The maximum Gasteiger partial charge on any atom is 0.407 e. The zero-order valence-corrected chi connectivity index (χ0v) is 19.7. The van der Waals surface area contributed by atoms with E-state index in [4.69, 9.17) is 18.9 Å². The van der Waals surface area contributed by atoms with Crippen molar-refractivity contribution in [1.82, 2.24) is 5.32 Å². The minimum Gasteiger partial charge on any atom is -0.493 e. The monoisotopic (exact) mass is 477 g/mol. The lowest BCUT2D eigenvalue weighted by molar-refractivity contribution is -0.139. The Kier molecular flexibility index (Phi) is 7.10. The van der Waals surface area contributed by atoms with E-state index in [1.807, 2.05) is 48.5 Å². The Labute approximate surface area is 203 Å². The number of aliphatic carboxylic acids is 1. The molecule has 1 aliphatic carbocycles. The third kappa shape index (κ3) is 4.87. The van der Waals surface area contributed by atoms with Gasteiger partial charge in [0, 0.05) is 12.3 Å². The number of methoxy groups -OCH3 is 3. The summed E-state index contributed by atoms with van der Waals surface area (Å²) in [5, 5.41) is 12.2. The smallest absolute Gasteiger partial charge is 0.407 e. The number of carboxylic acids is 1.